The van der Waals surface area contributed by atoms with Gasteiger partial charge >= 0.3 is 0 Å². The molecule has 2 aromatic carbocycles. The van der Waals surface area contributed by atoms with Gasteiger partial charge in [0.2, 0.25) is 5.01 Å². The van der Waals surface area contributed by atoms with E-state index in [1.165, 1.54) is 37.1 Å². The molecule has 1 atom stereocenters. The third-order valence-corrected chi connectivity index (χ3v) is 6.73. The number of hydrogen-bond acceptors (Lipinski definition) is 7. The summed E-state index contributed by atoms with van der Waals surface area (Å²) in [6, 6.07) is 12.9. The number of rotatable bonds is 10. The fourth-order valence-electron chi connectivity index (χ4n) is 3.86. The van der Waals surface area contributed by atoms with Crippen LogP contribution < -0.4 is 15.4 Å². The molecule has 1 aromatic heterocycles. The van der Waals surface area contributed by atoms with Crippen molar-refractivity contribution in [1.29, 1.82) is 0 Å². The van der Waals surface area contributed by atoms with Crippen LogP contribution in [0.1, 0.15) is 51.4 Å². The lowest BCUT2D eigenvalue weighted by molar-refractivity contribution is 0.0948. The minimum Gasteiger partial charge on any atom is -0.486 e. The van der Waals surface area contributed by atoms with Crippen LogP contribution in [0, 0.1) is 5.82 Å². The number of anilines is 1. The van der Waals surface area contributed by atoms with Crippen LogP contribution in [0.5, 0.6) is 5.75 Å². The lowest BCUT2D eigenvalue weighted by Gasteiger charge is -2.23. The molecule has 1 fully saturated rings. The molecule has 0 spiro atoms. The third-order valence-electron chi connectivity index (χ3n) is 5.83. The predicted molar refractivity (Wildman–Crippen MR) is 132 cm³/mol. The van der Waals surface area contributed by atoms with Crippen LogP contribution in [0.15, 0.2) is 48.5 Å². The second kappa shape index (κ2) is 11.9. The highest BCUT2D eigenvalue weighted by Crippen LogP contribution is 2.18. The van der Waals surface area contributed by atoms with Gasteiger partial charge in [-0.15, -0.1) is 10.2 Å². The number of likely N-dealkylation sites (tertiary alicyclic amines) is 1. The van der Waals surface area contributed by atoms with Gasteiger partial charge in [-0.1, -0.05) is 17.4 Å². The zero-order valence-corrected chi connectivity index (χ0v) is 20.3. The van der Waals surface area contributed by atoms with Gasteiger partial charge in [-0.05, 0) is 81.7 Å². The van der Waals surface area contributed by atoms with Crippen LogP contribution in [0.2, 0.25) is 0 Å². The molecule has 0 bridgehead atoms. The first-order chi connectivity index (χ1) is 17.0. The molecule has 3 aromatic rings. The summed E-state index contributed by atoms with van der Waals surface area (Å²) >= 11 is 1.10. The molecule has 35 heavy (non-hydrogen) atoms. The van der Waals surface area contributed by atoms with Gasteiger partial charge in [0.25, 0.3) is 11.8 Å². The van der Waals surface area contributed by atoms with Crippen molar-refractivity contribution in [2.75, 3.05) is 25.0 Å². The van der Waals surface area contributed by atoms with Crippen LogP contribution in [0.25, 0.3) is 0 Å². The topological polar surface area (TPSA) is 96.5 Å². The van der Waals surface area contributed by atoms with Crippen molar-refractivity contribution in [2.24, 2.45) is 0 Å². The number of benzene rings is 2. The van der Waals surface area contributed by atoms with Crippen molar-refractivity contribution in [2.45, 2.75) is 38.8 Å². The molecule has 1 aliphatic heterocycles. The lowest BCUT2D eigenvalue weighted by Crippen LogP contribution is -2.34. The van der Waals surface area contributed by atoms with E-state index < -0.39 is 5.91 Å². The van der Waals surface area contributed by atoms with Crippen LogP contribution in [0.4, 0.5) is 10.1 Å². The molecule has 1 saturated heterocycles. The molecule has 2 amide bonds. The van der Waals surface area contributed by atoms with Crippen molar-refractivity contribution in [3.05, 3.63) is 69.9 Å². The van der Waals surface area contributed by atoms with Gasteiger partial charge in [0.1, 0.15) is 18.2 Å². The fourth-order valence-corrected chi connectivity index (χ4v) is 4.51. The van der Waals surface area contributed by atoms with Gasteiger partial charge in [0.05, 0.1) is 0 Å². The quantitative estimate of drug-likeness (QED) is 0.438. The van der Waals surface area contributed by atoms with Gasteiger partial charge in [0, 0.05) is 23.8 Å². The number of halogens is 1. The van der Waals surface area contributed by atoms with E-state index in [4.69, 9.17) is 4.74 Å². The number of carbonyl (C=O) groups excluding carboxylic acids is 2. The summed E-state index contributed by atoms with van der Waals surface area (Å²) in [5, 5.41) is 14.3. The van der Waals surface area contributed by atoms with Crippen LogP contribution in [-0.4, -0.2) is 52.6 Å². The Hall–Kier alpha value is -3.37. The first-order valence-corrected chi connectivity index (χ1v) is 12.4. The highest BCUT2D eigenvalue weighted by atomic mass is 32.1. The van der Waals surface area contributed by atoms with E-state index >= 15 is 0 Å². The maximum absolute atomic E-state index is 13.0. The van der Waals surface area contributed by atoms with Crippen molar-refractivity contribution in [3.8, 4) is 5.75 Å². The molecular weight excluding hydrogens is 469 g/mol. The fraction of sp³-hybridized carbons (Fsp3) is 0.360. The number of nitrogens with one attached hydrogen (secondary N) is 2. The predicted octanol–water partition coefficient (Wildman–Crippen LogP) is 4.11. The summed E-state index contributed by atoms with van der Waals surface area (Å²) in [7, 11) is 0. The Balaban J connectivity index is 1.26. The Labute approximate surface area is 207 Å². The zero-order chi connectivity index (χ0) is 24.6. The maximum Gasteiger partial charge on any atom is 0.286 e. The summed E-state index contributed by atoms with van der Waals surface area (Å²) in [6.07, 6.45) is 3.39. The summed E-state index contributed by atoms with van der Waals surface area (Å²) in [4.78, 5) is 27.6. The summed E-state index contributed by atoms with van der Waals surface area (Å²) in [6.45, 7) is 5.17. The monoisotopic (exact) mass is 497 g/mol. The van der Waals surface area contributed by atoms with E-state index in [-0.39, 0.29) is 23.3 Å². The van der Waals surface area contributed by atoms with Crippen molar-refractivity contribution < 1.29 is 18.7 Å². The van der Waals surface area contributed by atoms with Crippen LogP contribution >= 0.6 is 11.3 Å². The van der Waals surface area contributed by atoms with E-state index in [2.05, 4.69) is 32.7 Å². The van der Waals surface area contributed by atoms with Gasteiger partial charge < -0.3 is 20.3 Å². The molecule has 0 unspecified atom stereocenters. The zero-order valence-electron chi connectivity index (χ0n) is 19.5. The minimum absolute atomic E-state index is 0.114. The van der Waals surface area contributed by atoms with Gasteiger partial charge in [-0.3, -0.25) is 9.59 Å². The molecule has 1 aliphatic rings. The van der Waals surface area contributed by atoms with Crippen molar-refractivity contribution in [1.82, 2.24) is 20.4 Å². The van der Waals surface area contributed by atoms with E-state index in [1.807, 2.05) is 0 Å². The Morgan fingerprint density at radius 2 is 1.89 bits per heavy atom. The van der Waals surface area contributed by atoms with Gasteiger partial charge in [-0.25, -0.2) is 4.39 Å². The summed E-state index contributed by atoms with van der Waals surface area (Å²) in [5.74, 6) is -0.451. The first-order valence-electron chi connectivity index (χ1n) is 11.6. The molecule has 2 heterocycles. The van der Waals surface area contributed by atoms with Gasteiger partial charge in [-0.2, -0.15) is 0 Å². The number of ether oxygens (including phenoxy) is 1. The Morgan fingerprint density at radius 3 is 2.66 bits per heavy atom. The summed E-state index contributed by atoms with van der Waals surface area (Å²) in [5.41, 5.74) is 0.967. The molecule has 0 saturated carbocycles. The minimum atomic E-state index is -0.424. The highest BCUT2D eigenvalue weighted by Gasteiger charge is 2.18. The average Bonchev–Trinajstić information content (AvgIpc) is 3.56. The smallest absolute Gasteiger partial charge is 0.286 e. The SMILES string of the molecule is C[C@H](CCNC(=O)c1cccc(NC(=O)c2nnc(COc3ccc(F)cc3)s2)c1)N1CCCC1. The average molecular weight is 498 g/mol. The molecule has 184 valence electrons. The van der Waals surface area contributed by atoms with E-state index in [0.29, 0.717) is 34.6 Å². The number of nitrogens with zero attached hydrogens (tertiary/aromatic N) is 3. The largest absolute Gasteiger partial charge is 0.486 e. The second-order valence-corrected chi connectivity index (χ2v) is 9.48. The van der Waals surface area contributed by atoms with E-state index in [0.717, 1.165) is 30.8 Å². The first kappa shape index (κ1) is 24.7. The Kier molecular flexibility index (Phi) is 8.38. The number of aromatic nitrogens is 2. The number of hydrogen-bond donors (Lipinski definition) is 2. The lowest BCUT2D eigenvalue weighted by atomic mass is 10.1. The normalized spacial score (nSPS) is 14.5. The Bertz CT molecular complexity index is 1150. The van der Waals surface area contributed by atoms with Crippen molar-refractivity contribution in [3.63, 3.8) is 0 Å². The van der Waals surface area contributed by atoms with E-state index in [9.17, 15) is 14.0 Å². The maximum atomic E-state index is 13.0. The third kappa shape index (κ3) is 7.06. The molecule has 0 radical (unpaired) electrons. The van der Waals surface area contributed by atoms with E-state index in [1.54, 1.807) is 24.3 Å². The molecule has 2 N–H and O–H groups in total. The van der Waals surface area contributed by atoms with Crippen LogP contribution in [-0.2, 0) is 6.61 Å². The second-order valence-electron chi connectivity index (χ2n) is 8.42. The molecular formula is C25H28FN5O3S. The molecule has 8 nitrogen and oxygen atoms in total. The highest BCUT2D eigenvalue weighted by molar-refractivity contribution is 7.13. The molecule has 10 heteroatoms. The standard InChI is InChI=1S/C25H28FN5O3S/c1-17(31-13-2-3-14-31)11-12-27-23(32)18-5-4-6-20(15-18)28-24(33)25-30-29-22(35-25)16-34-21-9-7-19(26)8-10-21/h4-10,15,17H,2-3,11-14,16H2,1H3,(H,27,32)(H,28,33)/t17-/m1/s1. The van der Waals surface area contributed by atoms with Gasteiger partial charge in [0.15, 0.2) is 5.01 Å². The van der Waals surface area contributed by atoms with Crippen molar-refractivity contribution >= 4 is 28.8 Å². The molecule has 0 aliphatic carbocycles. The molecule has 4 rings (SSSR count). The number of amides is 2. The number of carbonyl (C=O) groups is 2. The van der Waals surface area contributed by atoms with Crippen LogP contribution in [0.3, 0.4) is 0 Å². The Morgan fingerprint density at radius 1 is 1.11 bits per heavy atom. The summed E-state index contributed by atoms with van der Waals surface area (Å²) < 4.78 is 18.5.